The number of hydrogen-bond donors (Lipinski definition) is 2. The second kappa shape index (κ2) is 5.57. The van der Waals surface area contributed by atoms with Crippen molar-refractivity contribution in [3.63, 3.8) is 0 Å². The van der Waals surface area contributed by atoms with Crippen molar-refractivity contribution in [2.24, 2.45) is 17.3 Å². The van der Waals surface area contributed by atoms with Crippen LogP contribution in [0, 0.1) is 24.2 Å². The first-order valence-corrected chi connectivity index (χ1v) is 9.77. The number of carbonyl (C=O) groups excluding carboxylic acids is 1. The third kappa shape index (κ3) is 2.81. The fourth-order valence-corrected chi connectivity index (χ4v) is 6.25. The minimum Gasteiger partial charge on any atom is -0.394 e. The monoisotopic (exact) mass is 341 g/mol. The first-order valence-electron chi connectivity index (χ1n) is 9.77. The maximum absolute atomic E-state index is 13.3. The Kier molecular flexibility index (Phi) is 3.81. The van der Waals surface area contributed by atoms with E-state index in [1.807, 2.05) is 13.8 Å². The molecule has 25 heavy (non-hydrogen) atoms. The van der Waals surface area contributed by atoms with Crippen LogP contribution in [0.1, 0.15) is 63.5 Å². The van der Waals surface area contributed by atoms with Gasteiger partial charge in [-0.15, -0.1) is 0 Å². The van der Waals surface area contributed by atoms with E-state index < -0.39 is 5.54 Å². The van der Waals surface area contributed by atoms with Gasteiger partial charge in [-0.1, -0.05) is 29.8 Å². The van der Waals surface area contributed by atoms with Crippen LogP contribution < -0.4 is 5.32 Å². The minimum atomic E-state index is -0.544. The second-order valence-corrected chi connectivity index (χ2v) is 9.88. The zero-order valence-corrected chi connectivity index (χ0v) is 15.8. The predicted octanol–water partition coefficient (Wildman–Crippen LogP) is 3.72. The van der Waals surface area contributed by atoms with Crippen LogP contribution in [0.4, 0.5) is 0 Å². The zero-order chi connectivity index (χ0) is 17.9. The highest BCUT2D eigenvalue weighted by atomic mass is 16.3. The van der Waals surface area contributed by atoms with Gasteiger partial charge in [0.05, 0.1) is 17.6 Å². The zero-order valence-electron chi connectivity index (χ0n) is 15.8. The summed E-state index contributed by atoms with van der Waals surface area (Å²) in [4.78, 5) is 13.3. The normalized spacial score (nSPS) is 36.5. The van der Waals surface area contributed by atoms with Gasteiger partial charge in [-0.3, -0.25) is 4.79 Å². The van der Waals surface area contributed by atoms with E-state index in [-0.39, 0.29) is 23.3 Å². The molecule has 3 nitrogen and oxygen atoms in total. The van der Waals surface area contributed by atoms with Crippen LogP contribution in [0.15, 0.2) is 24.3 Å². The molecule has 0 unspecified atom stereocenters. The van der Waals surface area contributed by atoms with Crippen LogP contribution in [0.2, 0.25) is 0 Å². The number of nitrogens with one attached hydrogen (secondary N) is 1. The molecule has 4 aliphatic carbocycles. The Balaban J connectivity index is 1.67. The van der Waals surface area contributed by atoms with Gasteiger partial charge in [-0.2, -0.15) is 0 Å². The first kappa shape index (κ1) is 17.1. The molecule has 0 spiro atoms. The van der Waals surface area contributed by atoms with Gasteiger partial charge in [0.15, 0.2) is 0 Å². The van der Waals surface area contributed by atoms with Crippen LogP contribution >= 0.6 is 0 Å². The average Bonchev–Trinajstić information content (AvgIpc) is 2.53. The minimum absolute atomic E-state index is 0.0230. The number of carbonyl (C=O) groups is 1. The van der Waals surface area contributed by atoms with Gasteiger partial charge in [-0.25, -0.2) is 0 Å². The van der Waals surface area contributed by atoms with E-state index in [4.69, 9.17) is 0 Å². The first-order chi connectivity index (χ1) is 11.8. The highest BCUT2D eigenvalue weighted by Crippen LogP contribution is 2.65. The molecule has 0 heterocycles. The molecule has 4 fully saturated rings. The summed E-state index contributed by atoms with van der Waals surface area (Å²) < 4.78 is 0. The van der Waals surface area contributed by atoms with E-state index in [2.05, 4.69) is 36.5 Å². The van der Waals surface area contributed by atoms with Crippen LogP contribution in [0.25, 0.3) is 0 Å². The molecule has 3 heteroatoms. The third-order valence-corrected chi connectivity index (χ3v) is 7.05. The smallest absolute Gasteiger partial charge is 0.226 e. The lowest BCUT2D eigenvalue weighted by atomic mass is 9.42. The Morgan fingerprint density at radius 1 is 1.16 bits per heavy atom. The van der Waals surface area contributed by atoms with Gasteiger partial charge in [0.25, 0.3) is 0 Å². The van der Waals surface area contributed by atoms with Gasteiger partial charge in [0.2, 0.25) is 5.91 Å². The molecule has 5 rings (SSSR count). The number of amides is 1. The largest absolute Gasteiger partial charge is 0.394 e. The van der Waals surface area contributed by atoms with E-state index in [9.17, 15) is 9.90 Å². The average molecular weight is 341 g/mol. The van der Waals surface area contributed by atoms with Gasteiger partial charge < -0.3 is 10.4 Å². The summed E-state index contributed by atoms with van der Waals surface area (Å²) in [5, 5.41) is 12.7. The highest BCUT2D eigenvalue weighted by molar-refractivity contribution is 5.84. The van der Waals surface area contributed by atoms with Crippen LogP contribution in [0.5, 0.6) is 0 Å². The van der Waals surface area contributed by atoms with Crippen LogP contribution in [-0.2, 0) is 10.2 Å². The maximum atomic E-state index is 13.3. The molecule has 0 aromatic heterocycles. The van der Waals surface area contributed by atoms with Crippen molar-refractivity contribution < 1.29 is 9.90 Å². The molecule has 4 bridgehead atoms. The fraction of sp³-hybridized carbons (Fsp3) is 0.682. The maximum Gasteiger partial charge on any atom is 0.226 e. The van der Waals surface area contributed by atoms with Crippen LogP contribution in [-0.4, -0.2) is 23.2 Å². The predicted molar refractivity (Wildman–Crippen MR) is 99.3 cm³/mol. The quantitative estimate of drug-likeness (QED) is 0.877. The lowest BCUT2D eigenvalue weighted by Crippen LogP contribution is -2.61. The lowest BCUT2D eigenvalue weighted by Gasteiger charge is -2.62. The van der Waals surface area contributed by atoms with Gasteiger partial charge in [-0.05, 0) is 82.1 Å². The number of aliphatic hydroxyl groups is 1. The molecule has 1 amide bonds. The molecule has 0 aliphatic heterocycles. The molecule has 136 valence electrons. The van der Waals surface area contributed by atoms with E-state index in [0.717, 1.165) is 19.3 Å². The summed E-state index contributed by atoms with van der Waals surface area (Å²) in [6.45, 7) is 5.92. The fourth-order valence-electron chi connectivity index (χ4n) is 6.25. The summed E-state index contributed by atoms with van der Waals surface area (Å²) in [5.74, 6) is 1.52. The van der Waals surface area contributed by atoms with Gasteiger partial charge >= 0.3 is 0 Å². The van der Waals surface area contributed by atoms with E-state index in [1.165, 1.54) is 30.4 Å². The number of benzene rings is 1. The topological polar surface area (TPSA) is 49.3 Å². The van der Waals surface area contributed by atoms with Crippen molar-refractivity contribution in [2.45, 2.75) is 70.3 Å². The van der Waals surface area contributed by atoms with E-state index in [1.54, 1.807) is 0 Å². The van der Waals surface area contributed by atoms with Gasteiger partial charge in [0, 0.05) is 0 Å². The Labute approximate surface area is 151 Å². The summed E-state index contributed by atoms with van der Waals surface area (Å²) in [6.07, 6.45) is 6.82. The molecular weight excluding hydrogens is 310 g/mol. The molecular formula is C22H31NO2. The molecule has 1 aromatic rings. The van der Waals surface area contributed by atoms with E-state index >= 15 is 0 Å². The third-order valence-electron chi connectivity index (χ3n) is 7.05. The number of aryl methyl sites for hydroxylation is 1. The molecule has 2 N–H and O–H groups in total. The Hall–Kier alpha value is -1.35. The number of hydrogen-bond acceptors (Lipinski definition) is 2. The molecule has 0 saturated heterocycles. The van der Waals surface area contributed by atoms with E-state index in [0.29, 0.717) is 11.8 Å². The second-order valence-electron chi connectivity index (χ2n) is 9.88. The number of aliphatic hydroxyl groups excluding tert-OH is 1. The molecule has 1 aromatic carbocycles. The molecule has 4 saturated carbocycles. The van der Waals surface area contributed by atoms with Gasteiger partial charge in [0.1, 0.15) is 0 Å². The lowest BCUT2D eigenvalue weighted by molar-refractivity contribution is -0.151. The highest BCUT2D eigenvalue weighted by Gasteiger charge is 2.61. The van der Waals surface area contributed by atoms with Crippen molar-refractivity contribution in [2.75, 3.05) is 6.61 Å². The SMILES string of the molecule is Cc1ccc(C23C[C@@H]4C[C@H](CC(C(=O)NC(C)(C)CO)(C4)C2)C3)cc1. The van der Waals surface area contributed by atoms with Crippen molar-refractivity contribution in [3.8, 4) is 0 Å². The number of rotatable bonds is 4. The summed E-state index contributed by atoms with van der Waals surface area (Å²) in [5.41, 5.74) is 2.13. The van der Waals surface area contributed by atoms with Crippen molar-refractivity contribution in [1.29, 1.82) is 0 Å². The van der Waals surface area contributed by atoms with Crippen molar-refractivity contribution in [1.82, 2.24) is 5.32 Å². The summed E-state index contributed by atoms with van der Waals surface area (Å²) in [6, 6.07) is 9.03. The summed E-state index contributed by atoms with van der Waals surface area (Å²) >= 11 is 0. The Bertz CT molecular complexity index is 662. The van der Waals surface area contributed by atoms with Crippen molar-refractivity contribution in [3.05, 3.63) is 35.4 Å². The Morgan fingerprint density at radius 2 is 1.76 bits per heavy atom. The summed E-state index contributed by atoms with van der Waals surface area (Å²) in [7, 11) is 0. The Morgan fingerprint density at radius 3 is 2.32 bits per heavy atom. The molecule has 2 atom stereocenters. The van der Waals surface area contributed by atoms with Crippen LogP contribution in [0.3, 0.4) is 0 Å². The standard InChI is InChI=1S/C22H31NO2/c1-15-4-6-18(7-5-15)21-9-16-8-17(10-21)12-22(11-16,13-21)19(25)23-20(2,3)14-24/h4-7,16-17,24H,8-14H2,1-3H3,(H,23,25)/t16-,17-,21?,22?/m0/s1. The van der Waals surface area contributed by atoms with Crippen molar-refractivity contribution >= 4 is 5.91 Å². The molecule has 4 aliphatic rings. The molecule has 0 radical (unpaired) electrons.